The van der Waals surface area contributed by atoms with Crippen molar-refractivity contribution in [2.24, 2.45) is 0 Å². The van der Waals surface area contributed by atoms with Crippen LogP contribution < -0.4 is 9.88 Å². The number of aromatic nitrogens is 1. The minimum absolute atomic E-state index is 0.0837. The molecular weight excluding hydrogens is 272 g/mol. The number of carbonyl (C=O) groups excluding carboxylic acids is 1. The van der Waals surface area contributed by atoms with E-state index in [-0.39, 0.29) is 11.9 Å². The minimum atomic E-state index is 0.0837. The molecule has 0 spiro atoms. The molecule has 3 heteroatoms. The molecule has 114 valence electrons. The van der Waals surface area contributed by atoms with Gasteiger partial charge in [-0.3, -0.25) is 4.79 Å². The number of nitrogens with one attached hydrogen (secondary N) is 1. The molecule has 3 nitrogen and oxygen atoms in total. The van der Waals surface area contributed by atoms with Crippen LogP contribution in [0.5, 0.6) is 0 Å². The average Bonchev–Trinajstić information content (AvgIpc) is 2.52. The minimum Gasteiger partial charge on any atom is -0.344 e. The van der Waals surface area contributed by atoms with E-state index in [1.807, 2.05) is 16.8 Å². The normalized spacial score (nSPS) is 16.9. The number of aryl methyl sites for hydroxylation is 2. The summed E-state index contributed by atoms with van der Waals surface area (Å²) in [5.41, 5.74) is 5.01. The molecule has 0 bridgehead atoms. The first-order chi connectivity index (χ1) is 10.6. The van der Waals surface area contributed by atoms with E-state index in [9.17, 15) is 4.79 Å². The third-order valence-electron chi connectivity index (χ3n) is 4.63. The van der Waals surface area contributed by atoms with E-state index in [0.29, 0.717) is 6.54 Å². The summed E-state index contributed by atoms with van der Waals surface area (Å²) in [6.07, 6.45) is 5.25. The maximum Gasteiger partial charge on any atom is 0.286 e. The molecule has 2 aromatic rings. The molecule has 1 aromatic carbocycles. The summed E-state index contributed by atoms with van der Waals surface area (Å²) in [5, 5.41) is 3.21. The fourth-order valence-electron chi connectivity index (χ4n) is 3.22. The van der Waals surface area contributed by atoms with Crippen molar-refractivity contribution < 1.29 is 9.36 Å². The number of rotatable bonds is 3. The van der Waals surface area contributed by atoms with E-state index in [0.717, 1.165) is 25.0 Å². The van der Waals surface area contributed by atoms with Crippen LogP contribution >= 0.6 is 0 Å². The summed E-state index contributed by atoms with van der Waals surface area (Å²) >= 11 is 0. The molecular formula is C19H23N2O+. The highest BCUT2D eigenvalue weighted by Gasteiger charge is 2.23. The van der Waals surface area contributed by atoms with Crippen molar-refractivity contribution >= 4 is 5.91 Å². The van der Waals surface area contributed by atoms with Crippen LogP contribution in [0, 0.1) is 13.8 Å². The van der Waals surface area contributed by atoms with Crippen molar-refractivity contribution in [2.75, 3.05) is 0 Å². The fraction of sp³-hybridized carbons (Fsp3) is 0.368. The Balaban J connectivity index is 1.72. The first-order valence-corrected chi connectivity index (χ1v) is 7.98. The Bertz CT molecular complexity index is 694. The summed E-state index contributed by atoms with van der Waals surface area (Å²) in [6, 6.07) is 12.7. The van der Waals surface area contributed by atoms with Crippen LogP contribution in [-0.2, 0) is 17.8 Å². The lowest BCUT2D eigenvalue weighted by atomic mass is 9.88. The number of nitrogens with zero attached hydrogens (tertiary/aromatic N) is 1. The van der Waals surface area contributed by atoms with Gasteiger partial charge in [-0.2, -0.15) is 4.57 Å². The lowest BCUT2D eigenvalue weighted by molar-refractivity contribution is -0.690. The zero-order valence-electron chi connectivity index (χ0n) is 13.3. The Kier molecular flexibility index (Phi) is 4.23. The van der Waals surface area contributed by atoms with Crippen molar-refractivity contribution in [1.82, 2.24) is 5.32 Å². The van der Waals surface area contributed by atoms with E-state index < -0.39 is 0 Å². The van der Waals surface area contributed by atoms with Gasteiger partial charge >= 0.3 is 0 Å². The molecule has 1 aromatic heterocycles. The fourth-order valence-corrected chi connectivity index (χ4v) is 3.22. The lowest BCUT2D eigenvalue weighted by Crippen LogP contribution is -2.46. The molecule has 0 saturated heterocycles. The van der Waals surface area contributed by atoms with Gasteiger partial charge < -0.3 is 5.32 Å². The second kappa shape index (κ2) is 6.30. The van der Waals surface area contributed by atoms with Crippen molar-refractivity contribution in [2.45, 2.75) is 45.7 Å². The van der Waals surface area contributed by atoms with Gasteiger partial charge in [-0.05, 0) is 43.4 Å². The summed E-state index contributed by atoms with van der Waals surface area (Å²) in [6.45, 7) is 4.51. The molecule has 0 fully saturated rings. The number of carbonyl (C=O) groups is 1. The lowest BCUT2D eigenvalue weighted by Gasteiger charge is -2.25. The van der Waals surface area contributed by atoms with Crippen molar-refractivity contribution in [3.8, 4) is 0 Å². The monoisotopic (exact) mass is 295 g/mol. The molecule has 0 unspecified atom stereocenters. The van der Waals surface area contributed by atoms with Gasteiger partial charge in [0, 0.05) is 18.6 Å². The van der Waals surface area contributed by atoms with E-state index in [4.69, 9.17) is 0 Å². The molecule has 1 heterocycles. The van der Waals surface area contributed by atoms with Gasteiger partial charge in [0.25, 0.3) is 5.91 Å². The SMILES string of the molecule is Cc1ccc[n+](CC(=O)N[C@@H]2CCCc3ccccc32)c1C. The second-order valence-corrected chi connectivity index (χ2v) is 6.12. The zero-order chi connectivity index (χ0) is 15.5. The standard InChI is InChI=1S/C19H22N2O/c1-14-7-6-12-21(15(14)2)13-19(22)20-18-11-5-9-16-8-3-4-10-17(16)18/h3-4,6-8,10,12,18H,5,9,11,13H2,1-2H3/p+1/t18-/m1/s1. The van der Waals surface area contributed by atoms with Gasteiger partial charge in [-0.25, -0.2) is 0 Å². The van der Waals surface area contributed by atoms with Gasteiger partial charge in [0.1, 0.15) is 0 Å². The van der Waals surface area contributed by atoms with Crippen LogP contribution in [0.15, 0.2) is 42.6 Å². The number of amides is 1. The third-order valence-corrected chi connectivity index (χ3v) is 4.63. The molecule has 0 aliphatic heterocycles. The zero-order valence-corrected chi connectivity index (χ0v) is 13.3. The predicted molar refractivity (Wildman–Crippen MR) is 86.4 cm³/mol. The Hall–Kier alpha value is -2.16. The van der Waals surface area contributed by atoms with Crippen LogP contribution in [0.1, 0.15) is 41.3 Å². The molecule has 1 N–H and O–H groups in total. The molecule has 0 saturated carbocycles. The third kappa shape index (κ3) is 3.03. The Labute approximate surface area is 132 Å². The Morgan fingerprint density at radius 3 is 2.91 bits per heavy atom. The van der Waals surface area contributed by atoms with Crippen molar-refractivity contribution in [3.63, 3.8) is 0 Å². The highest BCUT2D eigenvalue weighted by atomic mass is 16.2. The highest BCUT2D eigenvalue weighted by molar-refractivity contribution is 5.75. The van der Waals surface area contributed by atoms with Gasteiger partial charge in [0.15, 0.2) is 11.9 Å². The van der Waals surface area contributed by atoms with Crippen molar-refractivity contribution in [3.05, 3.63) is 65.0 Å². The molecule has 1 aliphatic rings. The smallest absolute Gasteiger partial charge is 0.286 e. The molecule has 1 aliphatic carbocycles. The topological polar surface area (TPSA) is 33.0 Å². The van der Waals surface area contributed by atoms with Crippen molar-refractivity contribution in [1.29, 1.82) is 0 Å². The molecule has 22 heavy (non-hydrogen) atoms. The van der Waals surface area contributed by atoms with E-state index >= 15 is 0 Å². The van der Waals surface area contributed by atoms with E-state index in [1.165, 1.54) is 16.7 Å². The molecule has 1 atom stereocenters. The Morgan fingerprint density at radius 1 is 1.23 bits per heavy atom. The first kappa shape index (κ1) is 14.8. The van der Waals surface area contributed by atoms with Crippen LogP contribution in [0.25, 0.3) is 0 Å². The molecule has 1 amide bonds. The Morgan fingerprint density at radius 2 is 2.05 bits per heavy atom. The number of hydrogen-bond donors (Lipinski definition) is 1. The van der Waals surface area contributed by atoms with E-state index in [2.05, 4.69) is 49.5 Å². The number of benzene rings is 1. The maximum absolute atomic E-state index is 12.4. The van der Waals surface area contributed by atoms with Crippen LogP contribution in [0.4, 0.5) is 0 Å². The van der Waals surface area contributed by atoms with Crippen LogP contribution in [-0.4, -0.2) is 5.91 Å². The highest BCUT2D eigenvalue weighted by Crippen LogP contribution is 2.29. The molecule has 3 rings (SSSR count). The first-order valence-electron chi connectivity index (χ1n) is 7.98. The predicted octanol–water partition coefficient (Wildman–Crippen LogP) is 2.78. The maximum atomic E-state index is 12.4. The van der Waals surface area contributed by atoms with Gasteiger partial charge in [0.2, 0.25) is 6.54 Å². The quantitative estimate of drug-likeness (QED) is 0.868. The largest absolute Gasteiger partial charge is 0.344 e. The summed E-state index contributed by atoms with van der Waals surface area (Å²) in [5.74, 6) is 0.0837. The average molecular weight is 295 g/mol. The molecule has 0 radical (unpaired) electrons. The summed E-state index contributed by atoms with van der Waals surface area (Å²) in [7, 11) is 0. The summed E-state index contributed by atoms with van der Waals surface area (Å²) < 4.78 is 2.01. The van der Waals surface area contributed by atoms with Crippen LogP contribution in [0.3, 0.4) is 0 Å². The van der Waals surface area contributed by atoms with Gasteiger partial charge in [-0.15, -0.1) is 0 Å². The van der Waals surface area contributed by atoms with Gasteiger partial charge in [0.05, 0.1) is 6.04 Å². The van der Waals surface area contributed by atoms with E-state index in [1.54, 1.807) is 0 Å². The second-order valence-electron chi connectivity index (χ2n) is 6.12. The van der Waals surface area contributed by atoms with Gasteiger partial charge in [-0.1, -0.05) is 24.3 Å². The number of fused-ring (bicyclic) bond motifs is 1. The van der Waals surface area contributed by atoms with Crippen LogP contribution in [0.2, 0.25) is 0 Å². The number of hydrogen-bond acceptors (Lipinski definition) is 1. The number of pyridine rings is 1. The summed E-state index contributed by atoms with van der Waals surface area (Å²) in [4.78, 5) is 12.4.